The monoisotopic (exact) mass is 239 g/mol. The van der Waals surface area contributed by atoms with E-state index in [4.69, 9.17) is 4.74 Å². The Labute approximate surface area is 104 Å². The average molecular weight is 239 g/mol. The third kappa shape index (κ3) is 5.73. The van der Waals surface area contributed by atoms with Gasteiger partial charge in [-0.05, 0) is 18.8 Å². The van der Waals surface area contributed by atoms with Gasteiger partial charge in [0.25, 0.3) is 0 Å². The molecule has 1 aromatic heterocycles. The molecule has 0 amide bonds. The summed E-state index contributed by atoms with van der Waals surface area (Å²) < 4.78 is 7.46. The van der Waals surface area contributed by atoms with Crippen molar-refractivity contribution < 1.29 is 4.74 Å². The van der Waals surface area contributed by atoms with Crippen molar-refractivity contribution in [3.8, 4) is 0 Å². The molecule has 98 valence electrons. The zero-order valence-corrected chi connectivity index (χ0v) is 11.5. The lowest BCUT2D eigenvalue weighted by Crippen LogP contribution is -2.18. The van der Waals surface area contributed by atoms with E-state index in [2.05, 4.69) is 35.6 Å². The zero-order valence-electron chi connectivity index (χ0n) is 11.5. The minimum atomic E-state index is 0.266. The third-order valence-electron chi connectivity index (χ3n) is 2.31. The number of ether oxygens (including phenoxy) is 1. The maximum absolute atomic E-state index is 5.30. The molecule has 0 unspecified atom stereocenters. The van der Waals surface area contributed by atoms with Crippen LogP contribution < -0.4 is 5.32 Å². The van der Waals surface area contributed by atoms with Gasteiger partial charge in [0.2, 0.25) is 5.95 Å². The van der Waals surface area contributed by atoms with Crippen LogP contribution in [0.4, 0.5) is 5.95 Å². The fourth-order valence-electron chi connectivity index (χ4n) is 1.63. The lowest BCUT2D eigenvalue weighted by molar-refractivity contribution is 0.147. The molecule has 4 heteroatoms. The van der Waals surface area contributed by atoms with Gasteiger partial charge in [0.1, 0.15) is 0 Å². The van der Waals surface area contributed by atoms with E-state index in [1.165, 1.54) is 0 Å². The minimum absolute atomic E-state index is 0.266. The van der Waals surface area contributed by atoms with Gasteiger partial charge in [0.05, 0.1) is 0 Å². The fourth-order valence-corrected chi connectivity index (χ4v) is 1.63. The Morgan fingerprint density at radius 2 is 2.18 bits per heavy atom. The van der Waals surface area contributed by atoms with Gasteiger partial charge in [-0.2, -0.15) is 0 Å². The molecule has 1 N–H and O–H groups in total. The maximum Gasteiger partial charge on any atom is 0.202 e. The van der Waals surface area contributed by atoms with E-state index in [-0.39, 0.29) is 5.41 Å². The lowest BCUT2D eigenvalue weighted by atomic mass is 9.97. The molecule has 4 nitrogen and oxygen atoms in total. The average Bonchev–Trinajstić information content (AvgIpc) is 2.63. The molecule has 0 saturated carbocycles. The quantitative estimate of drug-likeness (QED) is 0.744. The number of nitrogens with one attached hydrogen (secondary N) is 1. The van der Waals surface area contributed by atoms with Gasteiger partial charge in [0, 0.05) is 38.7 Å². The predicted octanol–water partition coefficient (Wildman–Crippen LogP) is 2.77. The third-order valence-corrected chi connectivity index (χ3v) is 2.31. The Morgan fingerprint density at radius 1 is 1.41 bits per heavy atom. The molecule has 0 aromatic carbocycles. The molecule has 0 radical (unpaired) electrons. The molecule has 0 aliphatic heterocycles. The summed E-state index contributed by atoms with van der Waals surface area (Å²) in [6.07, 6.45) is 4.88. The number of imidazole rings is 1. The molecular weight excluding hydrogens is 214 g/mol. The minimum Gasteiger partial charge on any atom is -0.382 e. The Kier molecular flexibility index (Phi) is 5.48. The summed E-state index contributed by atoms with van der Waals surface area (Å²) in [5, 5.41) is 3.35. The van der Waals surface area contributed by atoms with E-state index >= 15 is 0 Å². The first-order chi connectivity index (χ1) is 8.03. The highest BCUT2D eigenvalue weighted by Gasteiger charge is 2.13. The van der Waals surface area contributed by atoms with Crippen molar-refractivity contribution in [1.82, 2.24) is 9.55 Å². The summed E-state index contributed by atoms with van der Waals surface area (Å²) in [4.78, 5) is 4.33. The molecule has 17 heavy (non-hydrogen) atoms. The van der Waals surface area contributed by atoms with Gasteiger partial charge >= 0.3 is 0 Å². The van der Waals surface area contributed by atoms with Crippen LogP contribution in [0.2, 0.25) is 0 Å². The second-order valence-electron chi connectivity index (χ2n) is 5.42. The van der Waals surface area contributed by atoms with Gasteiger partial charge in [-0.25, -0.2) is 4.98 Å². The summed E-state index contributed by atoms with van der Waals surface area (Å²) >= 11 is 0. The first kappa shape index (κ1) is 14.0. The molecule has 0 atom stereocenters. The van der Waals surface area contributed by atoms with Crippen molar-refractivity contribution >= 4 is 5.95 Å². The number of hydrogen-bond acceptors (Lipinski definition) is 3. The van der Waals surface area contributed by atoms with Crippen LogP contribution in [-0.4, -0.2) is 29.3 Å². The number of rotatable bonds is 7. The number of anilines is 1. The van der Waals surface area contributed by atoms with Crippen LogP contribution in [0.15, 0.2) is 12.4 Å². The van der Waals surface area contributed by atoms with Crippen LogP contribution in [0.25, 0.3) is 0 Å². The van der Waals surface area contributed by atoms with Crippen molar-refractivity contribution in [2.75, 3.05) is 25.1 Å². The van der Waals surface area contributed by atoms with Crippen LogP contribution >= 0.6 is 0 Å². The molecule has 0 fully saturated rings. The first-order valence-corrected chi connectivity index (χ1v) is 6.35. The summed E-state index contributed by atoms with van der Waals surface area (Å²) in [5.74, 6) is 0.955. The summed E-state index contributed by atoms with van der Waals surface area (Å²) in [7, 11) is 0. The van der Waals surface area contributed by atoms with E-state index in [0.29, 0.717) is 0 Å². The number of aromatic nitrogens is 2. The standard InChI is InChI=1S/C13H25N3O/c1-5-17-10-6-7-14-12-15-8-9-16(12)11-13(2,3)4/h8-9H,5-7,10-11H2,1-4H3,(H,14,15). The Balaban J connectivity index is 2.36. The van der Waals surface area contributed by atoms with Gasteiger partial charge in [0.15, 0.2) is 0 Å². The van der Waals surface area contributed by atoms with Crippen LogP contribution in [-0.2, 0) is 11.3 Å². The smallest absolute Gasteiger partial charge is 0.202 e. The number of nitrogens with zero attached hydrogens (tertiary/aromatic N) is 2. The highest BCUT2D eigenvalue weighted by atomic mass is 16.5. The van der Waals surface area contributed by atoms with Crippen molar-refractivity contribution in [1.29, 1.82) is 0 Å². The molecule has 0 spiro atoms. The Hall–Kier alpha value is -1.03. The summed E-state index contributed by atoms with van der Waals surface area (Å²) in [6.45, 7) is 12.2. The normalized spacial score (nSPS) is 11.8. The zero-order chi connectivity index (χ0) is 12.7. The Morgan fingerprint density at radius 3 is 2.82 bits per heavy atom. The second kappa shape index (κ2) is 6.64. The van der Waals surface area contributed by atoms with E-state index < -0.39 is 0 Å². The topological polar surface area (TPSA) is 39.1 Å². The van der Waals surface area contributed by atoms with E-state index in [9.17, 15) is 0 Å². The predicted molar refractivity (Wildman–Crippen MR) is 71.3 cm³/mol. The largest absolute Gasteiger partial charge is 0.382 e. The van der Waals surface area contributed by atoms with E-state index in [0.717, 1.165) is 38.7 Å². The fraction of sp³-hybridized carbons (Fsp3) is 0.769. The molecule has 0 saturated heterocycles. The molecular formula is C13H25N3O. The van der Waals surface area contributed by atoms with Crippen LogP contribution in [0.1, 0.15) is 34.1 Å². The molecule has 0 bridgehead atoms. The molecule has 0 aliphatic carbocycles. The van der Waals surface area contributed by atoms with E-state index in [1.54, 1.807) is 0 Å². The van der Waals surface area contributed by atoms with Gasteiger partial charge < -0.3 is 14.6 Å². The maximum atomic E-state index is 5.30. The van der Waals surface area contributed by atoms with Crippen LogP contribution in [0.5, 0.6) is 0 Å². The first-order valence-electron chi connectivity index (χ1n) is 6.35. The van der Waals surface area contributed by atoms with Crippen LogP contribution in [0.3, 0.4) is 0 Å². The van der Waals surface area contributed by atoms with Crippen molar-refractivity contribution in [3.05, 3.63) is 12.4 Å². The highest BCUT2D eigenvalue weighted by molar-refractivity contribution is 5.25. The van der Waals surface area contributed by atoms with Gasteiger partial charge in [-0.15, -0.1) is 0 Å². The Bertz CT molecular complexity index is 315. The SMILES string of the molecule is CCOCCCNc1nccn1CC(C)(C)C. The van der Waals surface area contributed by atoms with Crippen molar-refractivity contribution in [2.24, 2.45) is 5.41 Å². The lowest BCUT2D eigenvalue weighted by Gasteiger charge is -2.20. The molecule has 1 rings (SSSR count). The van der Waals surface area contributed by atoms with Gasteiger partial charge in [-0.3, -0.25) is 0 Å². The second-order valence-corrected chi connectivity index (χ2v) is 5.42. The van der Waals surface area contributed by atoms with Crippen molar-refractivity contribution in [3.63, 3.8) is 0 Å². The van der Waals surface area contributed by atoms with Crippen molar-refractivity contribution in [2.45, 2.75) is 40.7 Å². The van der Waals surface area contributed by atoms with E-state index in [1.807, 2.05) is 19.3 Å². The number of hydrogen-bond donors (Lipinski definition) is 1. The van der Waals surface area contributed by atoms with Crippen LogP contribution in [0, 0.1) is 5.41 Å². The van der Waals surface area contributed by atoms with Gasteiger partial charge in [-0.1, -0.05) is 20.8 Å². The summed E-state index contributed by atoms with van der Waals surface area (Å²) in [5.41, 5.74) is 0.266. The molecule has 1 aromatic rings. The summed E-state index contributed by atoms with van der Waals surface area (Å²) in [6, 6.07) is 0. The molecule has 1 heterocycles. The highest BCUT2D eigenvalue weighted by Crippen LogP contribution is 2.18. The molecule has 0 aliphatic rings.